The summed E-state index contributed by atoms with van der Waals surface area (Å²) in [4.78, 5) is 2.50. The van der Waals surface area contributed by atoms with Crippen molar-refractivity contribution < 1.29 is 0 Å². The molecule has 2 fully saturated rings. The minimum Gasteiger partial charge on any atom is -0.311 e. The van der Waals surface area contributed by atoms with Crippen molar-refractivity contribution in [2.75, 3.05) is 20.1 Å². The second-order valence-electron chi connectivity index (χ2n) is 6.49. The second-order valence-corrected chi connectivity index (χ2v) is 6.49. The summed E-state index contributed by atoms with van der Waals surface area (Å²) in [5.41, 5.74) is 0. The first-order chi connectivity index (χ1) is 8.16. The lowest BCUT2D eigenvalue weighted by Crippen LogP contribution is -2.49. The molecule has 2 heteroatoms. The molecular weight excluding hydrogens is 208 g/mol. The van der Waals surface area contributed by atoms with Crippen LogP contribution in [0.5, 0.6) is 0 Å². The molecule has 0 bridgehead atoms. The third-order valence-corrected chi connectivity index (χ3v) is 4.96. The van der Waals surface area contributed by atoms with E-state index in [1.807, 2.05) is 0 Å². The molecule has 1 N–H and O–H groups in total. The van der Waals surface area contributed by atoms with Crippen molar-refractivity contribution in [1.82, 2.24) is 10.2 Å². The number of nitrogens with one attached hydrogen (secondary N) is 1. The Morgan fingerprint density at radius 2 is 1.88 bits per heavy atom. The first-order valence-corrected chi connectivity index (χ1v) is 7.61. The number of piperidine rings is 1. The monoisotopic (exact) mass is 238 g/mol. The summed E-state index contributed by atoms with van der Waals surface area (Å²) in [5.74, 6) is 1.75. The highest BCUT2D eigenvalue weighted by Crippen LogP contribution is 2.26. The molecule has 4 atom stereocenters. The fourth-order valence-electron chi connectivity index (χ4n) is 3.65. The van der Waals surface area contributed by atoms with Crippen LogP contribution < -0.4 is 5.32 Å². The molecule has 100 valence electrons. The fourth-order valence-corrected chi connectivity index (χ4v) is 3.65. The smallest absolute Gasteiger partial charge is 0.00952 e. The molecule has 1 heterocycles. The van der Waals surface area contributed by atoms with E-state index in [1.165, 1.54) is 51.6 Å². The van der Waals surface area contributed by atoms with Gasteiger partial charge in [0.2, 0.25) is 0 Å². The lowest BCUT2D eigenvalue weighted by Gasteiger charge is -2.38. The van der Waals surface area contributed by atoms with E-state index in [0.29, 0.717) is 6.04 Å². The van der Waals surface area contributed by atoms with Gasteiger partial charge >= 0.3 is 0 Å². The van der Waals surface area contributed by atoms with Gasteiger partial charge in [-0.3, -0.25) is 0 Å². The molecule has 1 aliphatic carbocycles. The van der Waals surface area contributed by atoms with Crippen LogP contribution in [0.3, 0.4) is 0 Å². The van der Waals surface area contributed by atoms with E-state index in [2.05, 4.69) is 31.1 Å². The van der Waals surface area contributed by atoms with Gasteiger partial charge in [0.1, 0.15) is 0 Å². The molecule has 1 saturated carbocycles. The van der Waals surface area contributed by atoms with Crippen molar-refractivity contribution >= 4 is 0 Å². The SMILES string of the molecule is CC1CCCCC1NC(C)C1CCCN(C)C1. The van der Waals surface area contributed by atoms with Gasteiger partial charge < -0.3 is 10.2 Å². The first-order valence-electron chi connectivity index (χ1n) is 7.61. The van der Waals surface area contributed by atoms with Crippen molar-refractivity contribution in [3.63, 3.8) is 0 Å². The highest BCUT2D eigenvalue weighted by Gasteiger charge is 2.27. The van der Waals surface area contributed by atoms with Gasteiger partial charge in [0.15, 0.2) is 0 Å². The predicted molar refractivity (Wildman–Crippen MR) is 74.2 cm³/mol. The Hall–Kier alpha value is -0.0800. The zero-order chi connectivity index (χ0) is 12.3. The van der Waals surface area contributed by atoms with Crippen molar-refractivity contribution in [2.24, 2.45) is 11.8 Å². The maximum Gasteiger partial charge on any atom is 0.00952 e. The number of nitrogens with zero attached hydrogens (tertiary/aromatic N) is 1. The van der Waals surface area contributed by atoms with Crippen molar-refractivity contribution in [3.8, 4) is 0 Å². The van der Waals surface area contributed by atoms with Crippen LogP contribution in [0.1, 0.15) is 52.4 Å². The Morgan fingerprint density at radius 1 is 1.12 bits per heavy atom. The Morgan fingerprint density at radius 3 is 2.59 bits per heavy atom. The van der Waals surface area contributed by atoms with Gasteiger partial charge in [0.25, 0.3) is 0 Å². The number of rotatable bonds is 3. The van der Waals surface area contributed by atoms with E-state index >= 15 is 0 Å². The topological polar surface area (TPSA) is 15.3 Å². The van der Waals surface area contributed by atoms with Crippen LogP contribution in [-0.2, 0) is 0 Å². The molecule has 0 radical (unpaired) electrons. The van der Waals surface area contributed by atoms with Crippen molar-refractivity contribution in [2.45, 2.75) is 64.5 Å². The summed E-state index contributed by atoms with van der Waals surface area (Å²) in [6.45, 7) is 7.42. The third-order valence-electron chi connectivity index (χ3n) is 4.96. The molecule has 1 aliphatic heterocycles. The largest absolute Gasteiger partial charge is 0.311 e. The van der Waals surface area contributed by atoms with E-state index in [1.54, 1.807) is 0 Å². The number of likely N-dealkylation sites (tertiary alicyclic amines) is 1. The van der Waals surface area contributed by atoms with Gasteiger partial charge in [0.05, 0.1) is 0 Å². The Balaban J connectivity index is 1.80. The van der Waals surface area contributed by atoms with Crippen LogP contribution in [0.2, 0.25) is 0 Å². The second kappa shape index (κ2) is 6.19. The zero-order valence-corrected chi connectivity index (χ0v) is 11.9. The average Bonchev–Trinajstić information content (AvgIpc) is 2.32. The van der Waals surface area contributed by atoms with E-state index in [-0.39, 0.29) is 0 Å². The normalized spacial score (nSPS) is 37.9. The highest BCUT2D eigenvalue weighted by atomic mass is 15.1. The van der Waals surface area contributed by atoms with Gasteiger partial charge in [-0.05, 0) is 58.0 Å². The molecule has 0 aromatic rings. The van der Waals surface area contributed by atoms with Gasteiger partial charge in [-0.15, -0.1) is 0 Å². The molecule has 0 aromatic heterocycles. The lowest BCUT2D eigenvalue weighted by atomic mass is 9.84. The molecule has 1 saturated heterocycles. The van der Waals surface area contributed by atoms with Crippen molar-refractivity contribution in [3.05, 3.63) is 0 Å². The summed E-state index contributed by atoms with van der Waals surface area (Å²) in [5, 5.41) is 3.93. The number of hydrogen-bond acceptors (Lipinski definition) is 2. The van der Waals surface area contributed by atoms with E-state index < -0.39 is 0 Å². The van der Waals surface area contributed by atoms with Gasteiger partial charge in [0, 0.05) is 18.6 Å². The molecular formula is C15H30N2. The van der Waals surface area contributed by atoms with Crippen molar-refractivity contribution in [1.29, 1.82) is 0 Å². The molecule has 2 nitrogen and oxygen atoms in total. The molecule has 0 spiro atoms. The summed E-state index contributed by atoms with van der Waals surface area (Å²) in [6.07, 6.45) is 8.50. The molecule has 2 aliphatic rings. The van der Waals surface area contributed by atoms with Gasteiger partial charge in [-0.25, -0.2) is 0 Å². The van der Waals surface area contributed by atoms with E-state index in [0.717, 1.165) is 17.9 Å². The maximum absolute atomic E-state index is 3.93. The maximum atomic E-state index is 3.93. The van der Waals surface area contributed by atoms with Crippen LogP contribution in [0.25, 0.3) is 0 Å². The minimum atomic E-state index is 0.698. The highest BCUT2D eigenvalue weighted by molar-refractivity contribution is 4.85. The van der Waals surface area contributed by atoms with Gasteiger partial charge in [-0.1, -0.05) is 19.8 Å². The van der Waals surface area contributed by atoms with Crippen LogP contribution in [0.4, 0.5) is 0 Å². The molecule has 0 aromatic carbocycles. The fraction of sp³-hybridized carbons (Fsp3) is 1.00. The van der Waals surface area contributed by atoms with Gasteiger partial charge in [-0.2, -0.15) is 0 Å². The molecule has 0 amide bonds. The summed E-state index contributed by atoms with van der Waals surface area (Å²) in [6, 6.07) is 1.48. The average molecular weight is 238 g/mol. The Bertz CT molecular complexity index is 229. The van der Waals surface area contributed by atoms with Crippen LogP contribution in [-0.4, -0.2) is 37.1 Å². The quantitative estimate of drug-likeness (QED) is 0.813. The van der Waals surface area contributed by atoms with Crippen LogP contribution in [0, 0.1) is 11.8 Å². The lowest BCUT2D eigenvalue weighted by molar-refractivity contribution is 0.157. The summed E-state index contributed by atoms with van der Waals surface area (Å²) in [7, 11) is 2.27. The summed E-state index contributed by atoms with van der Waals surface area (Å²) < 4.78 is 0. The Labute approximate surface area is 107 Å². The molecule has 2 rings (SSSR count). The first kappa shape index (κ1) is 13.4. The van der Waals surface area contributed by atoms with E-state index in [9.17, 15) is 0 Å². The summed E-state index contributed by atoms with van der Waals surface area (Å²) >= 11 is 0. The van der Waals surface area contributed by atoms with Crippen LogP contribution in [0.15, 0.2) is 0 Å². The number of hydrogen-bond donors (Lipinski definition) is 1. The zero-order valence-electron chi connectivity index (χ0n) is 11.9. The Kier molecular flexibility index (Phi) is 4.87. The standard InChI is InChI=1S/C15H30N2/c1-12-7-4-5-9-15(12)16-13(2)14-8-6-10-17(3)11-14/h12-16H,4-11H2,1-3H3. The van der Waals surface area contributed by atoms with E-state index in [4.69, 9.17) is 0 Å². The molecule has 17 heavy (non-hydrogen) atoms. The minimum absolute atomic E-state index is 0.698. The predicted octanol–water partition coefficient (Wildman–Crippen LogP) is 2.89. The molecule has 4 unspecified atom stereocenters. The third kappa shape index (κ3) is 3.69. The van der Waals surface area contributed by atoms with Crippen LogP contribution >= 0.6 is 0 Å².